The number of nitrogens with zero attached hydrogens (tertiary/aromatic N) is 2. The van der Waals surface area contributed by atoms with Gasteiger partial charge in [-0.25, -0.2) is 0 Å². The second-order valence-electron chi connectivity index (χ2n) is 4.81. The van der Waals surface area contributed by atoms with Crippen LogP contribution in [0.1, 0.15) is 5.56 Å². The summed E-state index contributed by atoms with van der Waals surface area (Å²) in [7, 11) is 6.97. The number of guanidine groups is 1. The molecule has 1 aromatic carbocycles. The quantitative estimate of drug-likeness (QED) is 0.435. The van der Waals surface area contributed by atoms with Gasteiger partial charge in [0.05, 0.1) is 14.2 Å². The van der Waals surface area contributed by atoms with Crippen LogP contribution in [-0.2, 0) is 13.6 Å². The van der Waals surface area contributed by atoms with E-state index in [9.17, 15) is 0 Å². The third-order valence-corrected chi connectivity index (χ3v) is 3.22. The van der Waals surface area contributed by atoms with Crippen molar-refractivity contribution in [1.29, 1.82) is 0 Å². The van der Waals surface area contributed by atoms with Gasteiger partial charge < -0.3 is 24.7 Å². The zero-order valence-electron chi connectivity index (χ0n) is 13.8. The number of ether oxygens (including phenoxy) is 2. The molecular weight excluding hydrogens is 407 g/mol. The van der Waals surface area contributed by atoms with E-state index in [0.29, 0.717) is 24.0 Å². The molecule has 0 fully saturated rings. The van der Waals surface area contributed by atoms with Crippen LogP contribution in [0.5, 0.6) is 11.5 Å². The number of hydrogen-bond acceptors (Lipinski definition) is 3. The van der Waals surface area contributed by atoms with Crippen LogP contribution in [0.15, 0.2) is 41.7 Å². The molecule has 126 valence electrons. The highest BCUT2D eigenvalue weighted by molar-refractivity contribution is 14.0. The zero-order valence-corrected chi connectivity index (χ0v) is 16.1. The number of aryl methyl sites for hydroxylation is 1. The summed E-state index contributed by atoms with van der Waals surface area (Å²) in [5.74, 6) is 2.06. The Hall–Kier alpha value is -1.90. The van der Waals surface area contributed by atoms with Crippen molar-refractivity contribution >= 4 is 35.6 Å². The number of hydrogen-bond donors (Lipinski definition) is 2. The van der Waals surface area contributed by atoms with E-state index in [1.807, 2.05) is 36.0 Å². The highest BCUT2D eigenvalue weighted by Gasteiger charge is 2.06. The van der Waals surface area contributed by atoms with Crippen LogP contribution >= 0.6 is 24.0 Å². The lowest BCUT2D eigenvalue weighted by atomic mass is 10.2. The van der Waals surface area contributed by atoms with Crippen LogP contribution in [0.3, 0.4) is 0 Å². The van der Waals surface area contributed by atoms with Gasteiger partial charge in [-0.15, -0.1) is 24.0 Å². The average molecular weight is 430 g/mol. The van der Waals surface area contributed by atoms with Gasteiger partial charge in [0, 0.05) is 44.8 Å². The molecule has 2 rings (SSSR count). The molecular formula is C16H23IN4O2. The smallest absolute Gasteiger partial charge is 0.195 e. The number of rotatable bonds is 5. The van der Waals surface area contributed by atoms with Crippen LogP contribution < -0.4 is 20.1 Å². The summed E-state index contributed by atoms with van der Waals surface area (Å²) in [5, 5.41) is 6.50. The number of anilines is 1. The van der Waals surface area contributed by atoms with E-state index < -0.39 is 0 Å². The van der Waals surface area contributed by atoms with Gasteiger partial charge in [0.1, 0.15) is 0 Å². The minimum Gasteiger partial charge on any atom is -0.493 e. The molecule has 1 heterocycles. The molecule has 0 radical (unpaired) electrons. The SMILES string of the molecule is CN=C(NCc1ccn(C)c1)Nc1ccc(OC)c(OC)c1.I. The fourth-order valence-corrected chi connectivity index (χ4v) is 2.08. The maximum absolute atomic E-state index is 5.30. The molecule has 0 aliphatic carbocycles. The first-order valence-corrected chi connectivity index (χ1v) is 6.97. The number of aliphatic imine (C=N–C) groups is 1. The van der Waals surface area contributed by atoms with Crippen molar-refractivity contribution in [1.82, 2.24) is 9.88 Å². The largest absolute Gasteiger partial charge is 0.493 e. The lowest BCUT2D eigenvalue weighted by Gasteiger charge is -2.13. The molecule has 2 N–H and O–H groups in total. The first-order valence-electron chi connectivity index (χ1n) is 6.97. The Morgan fingerprint density at radius 2 is 1.91 bits per heavy atom. The molecule has 0 saturated carbocycles. The Morgan fingerprint density at radius 1 is 1.17 bits per heavy atom. The molecule has 6 nitrogen and oxygen atoms in total. The Bertz CT molecular complexity index is 655. The number of methoxy groups -OCH3 is 2. The standard InChI is InChI=1S/C16H22N4O2.HI/c1-17-16(18-10-12-7-8-20(2)11-12)19-13-5-6-14(21-3)15(9-13)22-4;/h5-9,11H,10H2,1-4H3,(H2,17,18,19);1H. The summed E-state index contributed by atoms with van der Waals surface area (Å²) in [4.78, 5) is 4.22. The molecule has 2 aromatic rings. The van der Waals surface area contributed by atoms with Gasteiger partial charge in [-0.2, -0.15) is 0 Å². The molecule has 1 aromatic heterocycles. The van der Waals surface area contributed by atoms with Crippen molar-refractivity contribution in [2.24, 2.45) is 12.0 Å². The number of halogens is 1. The molecule has 23 heavy (non-hydrogen) atoms. The Morgan fingerprint density at radius 3 is 2.48 bits per heavy atom. The maximum atomic E-state index is 5.30. The predicted molar refractivity (Wildman–Crippen MR) is 104 cm³/mol. The molecule has 0 saturated heterocycles. The second-order valence-corrected chi connectivity index (χ2v) is 4.81. The molecule has 0 bridgehead atoms. The first kappa shape index (κ1) is 19.1. The monoisotopic (exact) mass is 430 g/mol. The second kappa shape index (κ2) is 9.29. The fourth-order valence-electron chi connectivity index (χ4n) is 2.08. The molecule has 0 unspecified atom stereocenters. The van der Waals surface area contributed by atoms with E-state index in [4.69, 9.17) is 9.47 Å². The van der Waals surface area contributed by atoms with Gasteiger partial charge in [-0.3, -0.25) is 4.99 Å². The van der Waals surface area contributed by atoms with Gasteiger partial charge in [0.15, 0.2) is 17.5 Å². The fraction of sp³-hybridized carbons (Fsp3) is 0.312. The van der Waals surface area contributed by atoms with E-state index in [2.05, 4.69) is 27.9 Å². The number of benzene rings is 1. The Balaban J connectivity index is 0.00000264. The van der Waals surface area contributed by atoms with Gasteiger partial charge in [0.25, 0.3) is 0 Å². The summed E-state index contributed by atoms with van der Waals surface area (Å²) in [5.41, 5.74) is 2.07. The summed E-state index contributed by atoms with van der Waals surface area (Å²) >= 11 is 0. The Kier molecular flexibility index (Phi) is 7.73. The normalized spacial score (nSPS) is 10.7. The number of nitrogens with one attached hydrogen (secondary N) is 2. The van der Waals surface area contributed by atoms with Crippen LogP contribution in [-0.4, -0.2) is 31.8 Å². The lowest BCUT2D eigenvalue weighted by Crippen LogP contribution is -2.30. The minimum absolute atomic E-state index is 0. The van der Waals surface area contributed by atoms with Crippen LogP contribution in [0.2, 0.25) is 0 Å². The van der Waals surface area contributed by atoms with Crippen LogP contribution in [0.25, 0.3) is 0 Å². The van der Waals surface area contributed by atoms with Crippen molar-refractivity contribution in [2.45, 2.75) is 6.54 Å². The predicted octanol–water partition coefficient (Wildman–Crippen LogP) is 2.85. The van der Waals surface area contributed by atoms with Crippen molar-refractivity contribution in [2.75, 3.05) is 26.6 Å². The van der Waals surface area contributed by atoms with E-state index in [1.54, 1.807) is 21.3 Å². The number of aromatic nitrogens is 1. The molecule has 7 heteroatoms. The third-order valence-electron chi connectivity index (χ3n) is 3.22. The summed E-state index contributed by atoms with van der Waals surface area (Å²) in [6, 6.07) is 7.70. The molecule has 0 aliphatic heterocycles. The highest BCUT2D eigenvalue weighted by Crippen LogP contribution is 2.29. The third kappa shape index (κ3) is 5.34. The van der Waals surface area contributed by atoms with E-state index in [0.717, 1.165) is 5.69 Å². The van der Waals surface area contributed by atoms with E-state index in [-0.39, 0.29) is 24.0 Å². The summed E-state index contributed by atoms with van der Waals surface area (Å²) < 4.78 is 12.5. The Labute approximate surface area is 153 Å². The zero-order chi connectivity index (χ0) is 15.9. The maximum Gasteiger partial charge on any atom is 0.195 e. The average Bonchev–Trinajstić information content (AvgIpc) is 2.96. The minimum atomic E-state index is 0. The van der Waals surface area contributed by atoms with Gasteiger partial charge in [-0.05, 0) is 23.8 Å². The lowest BCUT2D eigenvalue weighted by molar-refractivity contribution is 0.355. The van der Waals surface area contributed by atoms with E-state index >= 15 is 0 Å². The topological polar surface area (TPSA) is 59.8 Å². The van der Waals surface area contributed by atoms with Gasteiger partial charge >= 0.3 is 0 Å². The van der Waals surface area contributed by atoms with Crippen molar-refractivity contribution < 1.29 is 9.47 Å². The van der Waals surface area contributed by atoms with Crippen LogP contribution in [0.4, 0.5) is 5.69 Å². The highest BCUT2D eigenvalue weighted by atomic mass is 127. The van der Waals surface area contributed by atoms with Crippen molar-refractivity contribution in [3.63, 3.8) is 0 Å². The molecule has 0 atom stereocenters. The molecule has 0 amide bonds. The van der Waals surface area contributed by atoms with Gasteiger partial charge in [-0.1, -0.05) is 0 Å². The van der Waals surface area contributed by atoms with E-state index in [1.165, 1.54) is 5.56 Å². The van der Waals surface area contributed by atoms with Crippen molar-refractivity contribution in [3.8, 4) is 11.5 Å². The van der Waals surface area contributed by atoms with Crippen molar-refractivity contribution in [3.05, 3.63) is 42.2 Å². The first-order chi connectivity index (χ1) is 10.7. The van der Waals surface area contributed by atoms with Crippen LogP contribution in [0, 0.1) is 0 Å². The molecule has 0 spiro atoms. The van der Waals surface area contributed by atoms with Gasteiger partial charge in [0.2, 0.25) is 0 Å². The summed E-state index contributed by atoms with van der Waals surface area (Å²) in [6.07, 6.45) is 4.08. The molecule has 0 aliphatic rings. The summed E-state index contributed by atoms with van der Waals surface area (Å²) in [6.45, 7) is 0.702.